The number of carbonyl (C=O) groups is 2. The molecule has 0 spiro atoms. The van der Waals surface area contributed by atoms with E-state index in [9.17, 15) is 9.59 Å². The van der Waals surface area contributed by atoms with E-state index in [1.807, 2.05) is 7.05 Å². The lowest BCUT2D eigenvalue weighted by Crippen LogP contribution is -2.54. The van der Waals surface area contributed by atoms with Crippen molar-refractivity contribution in [1.82, 2.24) is 14.7 Å². The van der Waals surface area contributed by atoms with Crippen LogP contribution >= 0.6 is 0 Å². The number of hydrogen-bond acceptors (Lipinski definition) is 4. The zero-order valence-corrected chi connectivity index (χ0v) is 15.0. The highest BCUT2D eigenvalue weighted by atomic mass is 16.5. The number of ether oxygens (including phenoxy) is 1. The predicted molar refractivity (Wildman–Crippen MR) is 89.1 cm³/mol. The molecule has 2 aliphatic rings. The van der Waals surface area contributed by atoms with Crippen LogP contribution in [0.2, 0.25) is 0 Å². The van der Waals surface area contributed by atoms with Gasteiger partial charge in [-0.3, -0.25) is 14.5 Å². The number of piperidine rings is 1. The van der Waals surface area contributed by atoms with E-state index in [1.165, 1.54) is 0 Å². The van der Waals surface area contributed by atoms with Crippen LogP contribution in [0.4, 0.5) is 0 Å². The molecule has 2 heterocycles. The molecule has 0 aromatic carbocycles. The molecule has 2 fully saturated rings. The first-order valence-electron chi connectivity index (χ1n) is 8.69. The molecule has 2 saturated heterocycles. The first kappa shape index (κ1) is 18.2. The number of hydrogen-bond donors (Lipinski definition) is 0. The van der Waals surface area contributed by atoms with E-state index in [2.05, 4.69) is 18.7 Å². The highest BCUT2D eigenvalue weighted by molar-refractivity contribution is 5.87. The van der Waals surface area contributed by atoms with Crippen LogP contribution < -0.4 is 0 Å². The molecule has 2 amide bonds. The molecule has 1 atom stereocenters. The average molecular weight is 325 g/mol. The molecule has 23 heavy (non-hydrogen) atoms. The number of morpholine rings is 1. The lowest BCUT2D eigenvalue weighted by Gasteiger charge is -2.39. The first-order valence-corrected chi connectivity index (χ1v) is 8.69. The molecule has 0 N–H and O–H groups in total. The maximum absolute atomic E-state index is 12.7. The summed E-state index contributed by atoms with van der Waals surface area (Å²) in [6, 6.07) is -0.271. The molecule has 0 aliphatic carbocycles. The average Bonchev–Trinajstić information content (AvgIpc) is 2.51. The van der Waals surface area contributed by atoms with Crippen LogP contribution in [0.3, 0.4) is 0 Å². The maximum Gasteiger partial charge on any atom is 0.245 e. The van der Waals surface area contributed by atoms with Crippen molar-refractivity contribution in [2.75, 3.05) is 46.4 Å². The van der Waals surface area contributed by atoms with Gasteiger partial charge in [-0.2, -0.15) is 0 Å². The number of rotatable bonds is 4. The summed E-state index contributed by atoms with van der Waals surface area (Å²) in [6.45, 7) is 10.5. The summed E-state index contributed by atoms with van der Waals surface area (Å²) in [5.41, 5.74) is -0.115. The summed E-state index contributed by atoms with van der Waals surface area (Å²) in [6.07, 6.45) is 2.80. The summed E-state index contributed by atoms with van der Waals surface area (Å²) in [5, 5.41) is 0. The Kier molecular flexibility index (Phi) is 6.03. The number of likely N-dealkylation sites (tertiary alicyclic amines) is 1. The molecule has 132 valence electrons. The van der Waals surface area contributed by atoms with E-state index >= 15 is 0 Å². The second kappa shape index (κ2) is 7.62. The number of likely N-dealkylation sites (N-methyl/N-ethyl adjacent to an activating group) is 1. The van der Waals surface area contributed by atoms with Gasteiger partial charge in [0, 0.05) is 46.7 Å². The van der Waals surface area contributed by atoms with E-state index in [0.717, 1.165) is 45.5 Å². The minimum Gasteiger partial charge on any atom is -0.373 e. The molecule has 6 nitrogen and oxygen atoms in total. The predicted octanol–water partition coefficient (Wildman–Crippen LogP) is 0.957. The standard InChI is InChI=1S/C17H31N3O3/c1-14(21)20-8-6-5-7-15(20)16(22)18(4)9-10-19-11-12-23-17(2,3)13-19/h15H,5-13H2,1-4H3. The van der Waals surface area contributed by atoms with Crippen LogP contribution in [0, 0.1) is 0 Å². The number of amides is 2. The molecule has 1 unspecified atom stereocenters. The fraction of sp³-hybridized carbons (Fsp3) is 0.882. The van der Waals surface area contributed by atoms with Gasteiger partial charge in [-0.05, 0) is 33.1 Å². The van der Waals surface area contributed by atoms with Gasteiger partial charge >= 0.3 is 0 Å². The third-order valence-electron chi connectivity index (χ3n) is 4.82. The van der Waals surface area contributed by atoms with Gasteiger partial charge in [0.05, 0.1) is 12.2 Å². The third-order valence-corrected chi connectivity index (χ3v) is 4.82. The van der Waals surface area contributed by atoms with Crippen LogP contribution in [0.5, 0.6) is 0 Å². The van der Waals surface area contributed by atoms with Gasteiger partial charge < -0.3 is 14.5 Å². The molecule has 2 aliphatic heterocycles. The van der Waals surface area contributed by atoms with E-state index in [4.69, 9.17) is 4.74 Å². The van der Waals surface area contributed by atoms with Gasteiger partial charge in [0.2, 0.25) is 11.8 Å². The highest BCUT2D eigenvalue weighted by Crippen LogP contribution is 2.19. The van der Waals surface area contributed by atoms with Crippen LogP contribution in [0.1, 0.15) is 40.0 Å². The molecule has 0 aromatic rings. The Hall–Kier alpha value is -1.14. The summed E-state index contributed by atoms with van der Waals surface area (Å²) < 4.78 is 5.72. The summed E-state index contributed by atoms with van der Waals surface area (Å²) in [7, 11) is 1.85. The Labute approximate surface area is 139 Å². The van der Waals surface area contributed by atoms with Gasteiger partial charge in [-0.1, -0.05) is 0 Å². The van der Waals surface area contributed by atoms with Crippen molar-refractivity contribution in [2.45, 2.75) is 51.7 Å². The minimum atomic E-state index is -0.271. The normalized spacial score (nSPS) is 25.2. The molecular formula is C17H31N3O3. The molecule has 0 radical (unpaired) electrons. The van der Waals surface area contributed by atoms with Crippen molar-refractivity contribution < 1.29 is 14.3 Å². The molecule has 6 heteroatoms. The maximum atomic E-state index is 12.7. The zero-order valence-electron chi connectivity index (χ0n) is 15.0. The molecule has 0 saturated carbocycles. The van der Waals surface area contributed by atoms with Crippen molar-refractivity contribution in [3.05, 3.63) is 0 Å². The Morgan fingerprint density at radius 2 is 2.00 bits per heavy atom. The molecule has 0 bridgehead atoms. The third kappa shape index (κ3) is 4.91. The quantitative estimate of drug-likeness (QED) is 0.772. The lowest BCUT2D eigenvalue weighted by atomic mass is 10.0. The smallest absolute Gasteiger partial charge is 0.245 e. The van der Waals surface area contributed by atoms with Crippen molar-refractivity contribution in [1.29, 1.82) is 0 Å². The largest absolute Gasteiger partial charge is 0.373 e. The highest BCUT2D eigenvalue weighted by Gasteiger charge is 2.33. The van der Waals surface area contributed by atoms with E-state index in [1.54, 1.807) is 16.7 Å². The van der Waals surface area contributed by atoms with Crippen LogP contribution in [-0.2, 0) is 14.3 Å². The van der Waals surface area contributed by atoms with E-state index in [0.29, 0.717) is 13.1 Å². The Morgan fingerprint density at radius 1 is 1.26 bits per heavy atom. The second-order valence-corrected chi connectivity index (χ2v) is 7.37. The Balaban J connectivity index is 1.85. The summed E-state index contributed by atoms with van der Waals surface area (Å²) in [4.78, 5) is 30.3. The second-order valence-electron chi connectivity index (χ2n) is 7.37. The van der Waals surface area contributed by atoms with Crippen LogP contribution in [0.15, 0.2) is 0 Å². The van der Waals surface area contributed by atoms with Crippen LogP contribution in [0.25, 0.3) is 0 Å². The van der Waals surface area contributed by atoms with Gasteiger partial charge in [-0.25, -0.2) is 0 Å². The van der Waals surface area contributed by atoms with Crippen molar-refractivity contribution >= 4 is 11.8 Å². The van der Waals surface area contributed by atoms with Gasteiger partial charge in [0.1, 0.15) is 6.04 Å². The first-order chi connectivity index (χ1) is 10.8. The molecular weight excluding hydrogens is 294 g/mol. The molecule has 0 aromatic heterocycles. The number of carbonyl (C=O) groups excluding carboxylic acids is 2. The fourth-order valence-electron chi connectivity index (χ4n) is 3.53. The lowest BCUT2D eigenvalue weighted by molar-refractivity contribution is -0.146. The van der Waals surface area contributed by atoms with Crippen molar-refractivity contribution in [2.24, 2.45) is 0 Å². The fourth-order valence-corrected chi connectivity index (χ4v) is 3.53. The van der Waals surface area contributed by atoms with Gasteiger partial charge in [0.25, 0.3) is 0 Å². The Bertz CT molecular complexity index is 439. The van der Waals surface area contributed by atoms with E-state index in [-0.39, 0.29) is 23.5 Å². The summed E-state index contributed by atoms with van der Waals surface area (Å²) in [5.74, 6) is 0.0822. The minimum absolute atomic E-state index is 0.00591. The topological polar surface area (TPSA) is 53.1 Å². The zero-order chi connectivity index (χ0) is 17.0. The SMILES string of the molecule is CC(=O)N1CCCCC1C(=O)N(C)CCN1CCOC(C)(C)C1. The summed E-state index contributed by atoms with van der Waals surface area (Å²) >= 11 is 0. The van der Waals surface area contributed by atoms with E-state index < -0.39 is 0 Å². The van der Waals surface area contributed by atoms with Crippen molar-refractivity contribution in [3.63, 3.8) is 0 Å². The van der Waals surface area contributed by atoms with Gasteiger partial charge in [-0.15, -0.1) is 0 Å². The number of nitrogens with zero attached hydrogens (tertiary/aromatic N) is 3. The van der Waals surface area contributed by atoms with Crippen LogP contribution in [-0.4, -0.2) is 84.5 Å². The van der Waals surface area contributed by atoms with Gasteiger partial charge in [0.15, 0.2) is 0 Å². The molecule has 2 rings (SSSR count). The monoisotopic (exact) mass is 325 g/mol. The Morgan fingerprint density at radius 3 is 2.65 bits per heavy atom. The van der Waals surface area contributed by atoms with Crippen molar-refractivity contribution in [3.8, 4) is 0 Å².